The van der Waals surface area contributed by atoms with Crippen LogP contribution in [-0.2, 0) is 14.3 Å². The topological polar surface area (TPSA) is 82.1 Å². The summed E-state index contributed by atoms with van der Waals surface area (Å²) in [4.78, 5) is 22.0. The summed E-state index contributed by atoms with van der Waals surface area (Å²) >= 11 is 0. The Morgan fingerprint density at radius 3 is 1.74 bits per heavy atom. The number of carboxylic acid groups (broad SMARTS) is 1. The monoisotopic (exact) mass is 468 g/mol. The number of hydrogen-bond donors (Lipinski definition) is 1. The average Bonchev–Trinajstić information content (AvgIpc) is 2.86. The second kappa shape index (κ2) is 17.0. The van der Waals surface area contributed by atoms with Gasteiger partial charge in [0.1, 0.15) is 17.6 Å². The smallest absolute Gasteiger partial charge is 0.331 e. The van der Waals surface area contributed by atoms with Gasteiger partial charge in [-0.25, -0.2) is 9.59 Å². The fourth-order valence-corrected chi connectivity index (χ4v) is 2.93. The van der Waals surface area contributed by atoms with Crippen LogP contribution in [0, 0.1) is 0 Å². The van der Waals surface area contributed by atoms with E-state index in [0.717, 1.165) is 48.0 Å². The number of aliphatic carboxylic acids is 1. The predicted molar refractivity (Wildman–Crippen MR) is 136 cm³/mol. The molecule has 2 aromatic rings. The van der Waals surface area contributed by atoms with Crippen LogP contribution in [-0.4, -0.2) is 37.4 Å². The number of ether oxygens (including phenoxy) is 3. The van der Waals surface area contributed by atoms with Gasteiger partial charge in [-0.2, -0.15) is 0 Å². The summed E-state index contributed by atoms with van der Waals surface area (Å²) in [5.74, 6) is 0.342. The first-order valence-corrected chi connectivity index (χ1v) is 11.5. The van der Waals surface area contributed by atoms with Gasteiger partial charge in [-0.05, 0) is 66.8 Å². The summed E-state index contributed by atoms with van der Waals surface area (Å²) in [7, 11) is 3.22. The summed E-state index contributed by atoms with van der Waals surface area (Å²) in [6.45, 7) is 4.22. The van der Waals surface area contributed by atoms with E-state index < -0.39 is 5.97 Å². The molecule has 34 heavy (non-hydrogen) atoms. The highest BCUT2D eigenvalue weighted by molar-refractivity contribution is 5.87. The van der Waals surface area contributed by atoms with Crippen molar-refractivity contribution in [1.29, 1.82) is 0 Å². The largest absolute Gasteiger partial charge is 0.497 e. The number of carboxylic acids is 1. The van der Waals surface area contributed by atoms with Gasteiger partial charge in [0.15, 0.2) is 0 Å². The summed E-state index contributed by atoms with van der Waals surface area (Å²) in [5.41, 5.74) is 1.79. The van der Waals surface area contributed by atoms with E-state index in [0.29, 0.717) is 0 Å². The molecule has 1 unspecified atom stereocenters. The van der Waals surface area contributed by atoms with E-state index in [2.05, 4.69) is 13.8 Å². The third kappa shape index (κ3) is 12.5. The zero-order valence-electron chi connectivity index (χ0n) is 20.5. The molecule has 0 saturated carbocycles. The van der Waals surface area contributed by atoms with Crippen molar-refractivity contribution in [2.45, 2.75) is 52.1 Å². The molecule has 2 rings (SSSR count). The van der Waals surface area contributed by atoms with Crippen molar-refractivity contribution in [3.8, 4) is 11.5 Å². The highest BCUT2D eigenvalue weighted by Gasteiger charge is 2.09. The molecule has 0 aromatic heterocycles. The lowest BCUT2D eigenvalue weighted by molar-refractivity contribution is -0.143. The van der Waals surface area contributed by atoms with E-state index in [4.69, 9.17) is 19.3 Å². The van der Waals surface area contributed by atoms with Crippen LogP contribution in [0.3, 0.4) is 0 Å². The first-order valence-electron chi connectivity index (χ1n) is 11.5. The molecule has 2 aromatic carbocycles. The Balaban J connectivity index is 0.000000380. The lowest BCUT2D eigenvalue weighted by Crippen LogP contribution is -2.15. The fourth-order valence-electron chi connectivity index (χ4n) is 2.93. The van der Waals surface area contributed by atoms with Crippen molar-refractivity contribution in [2.24, 2.45) is 0 Å². The normalized spacial score (nSPS) is 11.5. The van der Waals surface area contributed by atoms with Gasteiger partial charge in [0.2, 0.25) is 0 Å². The third-order valence-electron chi connectivity index (χ3n) is 4.93. The van der Waals surface area contributed by atoms with Crippen molar-refractivity contribution in [3.63, 3.8) is 0 Å². The molecule has 0 radical (unpaired) electrons. The molecule has 0 aliphatic heterocycles. The van der Waals surface area contributed by atoms with Crippen molar-refractivity contribution in [2.75, 3.05) is 14.2 Å². The average molecular weight is 469 g/mol. The zero-order chi connectivity index (χ0) is 25.2. The summed E-state index contributed by atoms with van der Waals surface area (Å²) in [6.07, 6.45) is 11.2. The molecule has 0 fully saturated rings. The van der Waals surface area contributed by atoms with Crippen LogP contribution in [0.4, 0.5) is 0 Å². The molecule has 1 atom stereocenters. The van der Waals surface area contributed by atoms with E-state index >= 15 is 0 Å². The van der Waals surface area contributed by atoms with E-state index in [1.807, 2.05) is 24.3 Å². The highest BCUT2D eigenvalue weighted by atomic mass is 16.5. The first kappa shape index (κ1) is 28.5. The number of benzene rings is 2. The van der Waals surface area contributed by atoms with Crippen molar-refractivity contribution < 1.29 is 28.9 Å². The molecule has 0 aliphatic carbocycles. The van der Waals surface area contributed by atoms with E-state index in [-0.39, 0.29) is 12.1 Å². The second-order valence-electron chi connectivity index (χ2n) is 7.51. The maximum atomic E-state index is 11.8. The molecule has 0 saturated heterocycles. The van der Waals surface area contributed by atoms with Crippen LogP contribution in [0.25, 0.3) is 12.2 Å². The van der Waals surface area contributed by atoms with Crippen molar-refractivity contribution >= 4 is 24.1 Å². The molecular formula is C28H36O6. The number of hydrogen-bond acceptors (Lipinski definition) is 5. The summed E-state index contributed by atoms with van der Waals surface area (Å²) in [5, 5.41) is 8.36. The van der Waals surface area contributed by atoms with E-state index in [9.17, 15) is 9.59 Å². The van der Waals surface area contributed by atoms with E-state index in [1.54, 1.807) is 44.6 Å². The van der Waals surface area contributed by atoms with Crippen molar-refractivity contribution in [1.82, 2.24) is 0 Å². The maximum absolute atomic E-state index is 11.8. The minimum atomic E-state index is -0.948. The van der Waals surface area contributed by atoms with Gasteiger partial charge in [-0.1, -0.05) is 51.0 Å². The number of rotatable bonds is 12. The lowest BCUT2D eigenvalue weighted by atomic mass is 10.1. The Labute approximate surface area is 202 Å². The molecule has 0 spiro atoms. The van der Waals surface area contributed by atoms with Gasteiger partial charge in [-0.3, -0.25) is 0 Å². The Morgan fingerprint density at radius 1 is 0.824 bits per heavy atom. The zero-order valence-corrected chi connectivity index (χ0v) is 20.5. The molecule has 0 bridgehead atoms. The Bertz CT molecular complexity index is 897. The molecule has 1 N–H and O–H groups in total. The number of esters is 1. The molecule has 0 amide bonds. The van der Waals surface area contributed by atoms with Gasteiger partial charge < -0.3 is 19.3 Å². The third-order valence-corrected chi connectivity index (χ3v) is 4.93. The van der Waals surface area contributed by atoms with Gasteiger partial charge in [-0.15, -0.1) is 0 Å². The molecule has 0 heterocycles. The first-order chi connectivity index (χ1) is 16.4. The Kier molecular flexibility index (Phi) is 14.3. The fraction of sp³-hybridized carbons (Fsp3) is 0.357. The van der Waals surface area contributed by atoms with Gasteiger partial charge in [0.25, 0.3) is 0 Å². The van der Waals surface area contributed by atoms with Crippen LogP contribution in [0.1, 0.15) is 57.1 Å². The SMILES string of the molecule is CCCCCC(CC)OC(=O)C=Cc1ccc(OC)cc1.COc1ccc(C=CC(=O)O)cc1. The Hall–Kier alpha value is -3.54. The highest BCUT2D eigenvalue weighted by Crippen LogP contribution is 2.14. The molecule has 184 valence electrons. The molecule has 6 heteroatoms. The van der Waals surface area contributed by atoms with Crippen molar-refractivity contribution in [3.05, 3.63) is 71.8 Å². The number of carbonyl (C=O) groups is 2. The predicted octanol–water partition coefficient (Wildman–Crippen LogP) is 6.40. The van der Waals surface area contributed by atoms with Gasteiger partial charge in [0, 0.05) is 12.2 Å². The van der Waals surface area contributed by atoms with Gasteiger partial charge in [0.05, 0.1) is 14.2 Å². The Morgan fingerprint density at radius 2 is 1.32 bits per heavy atom. The van der Waals surface area contributed by atoms with Crippen LogP contribution in [0.2, 0.25) is 0 Å². The minimum Gasteiger partial charge on any atom is -0.497 e. The number of unbranched alkanes of at least 4 members (excludes halogenated alkanes) is 2. The number of carbonyl (C=O) groups excluding carboxylic acids is 1. The quantitative estimate of drug-likeness (QED) is 0.220. The number of methoxy groups -OCH3 is 2. The minimum absolute atomic E-state index is 0.0320. The molecule has 6 nitrogen and oxygen atoms in total. The lowest BCUT2D eigenvalue weighted by Gasteiger charge is -2.14. The molecule has 0 aliphatic rings. The van der Waals surface area contributed by atoms with Crippen LogP contribution >= 0.6 is 0 Å². The van der Waals surface area contributed by atoms with Crippen LogP contribution in [0.5, 0.6) is 11.5 Å². The van der Waals surface area contributed by atoms with Crippen LogP contribution in [0.15, 0.2) is 60.7 Å². The second-order valence-corrected chi connectivity index (χ2v) is 7.51. The van der Waals surface area contributed by atoms with Gasteiger partial charge >= 0.3 is 11.9 Å². The molecular weight excluding hydrogens is 432 g/mol. The summed E-state index contributed by atoms with van der Waals surface area (Å²) < 4.78 is 15.5. The maximum Gasteiger partial charge on any atom is 0.331 e. The summed E-state index contributed by atoms with van der Waals surface area (Å²) in [6, 6.07) is 14.7. The van der Waals surface area contributed by atoms with Crippen LogP contribution < -0.4 is 9.47 Å². The standard InChI is InChI=1S/C18H26O3.C10H10O3/c1-4-6-7-8-16(5-2)21-18(19)14-11-15-9-12-17(20-3)13-10-15;1-13-9-5-2-8(3-6-9)4-7-10(11)12/h9-14,16H,4-8H2,1-3H3;2-7H,1H3,(H,11,12). The van der Waals surface area contributed by atoms with E-state index in [1.165, 1.54) is 25.0 Å².